The molecule has 2 nitrogen and oxygen atoms in total. The number of nitrogens with zero attached hydrogens (tertiary/aromatic N) is 2. The summed E-state index contributed by atoms with van der Waals surface area (Å²) in [5, 5.41) is 2.69. The molecular weight excluding hydrogens is 472 g/mol. The minimum Gasteiger partial charge on any atom is -0.372 e. The summed E-state index contributed by atoms with van der Waals surface area (Å²) in [6.45, 7) is 21.0. The van der Waals surface area contributed by atoms with Gasteiger partial charge < -0.3 is 9.80 Å². The molecule has 0 aliphatic heterocycles. The van der Waals surface area contributed by atoms with E-state index in [9.17, 15) is 0 Å². The molecule has 2 aromatic rings. The summed E-state index contributed by atoms with van der Waals surface area (Å²) < 4.78 is 0. The van der Waals surface area contributed by atoms with Crippen LogP contribution in [0, 0.1) is 0 Å². The van der Waals surface area contributed by atoms with Gasteiger partial charge in [0.25, 0.3) is 0 Å². The van der Waals surface area contributed by atoms with Gasteiger partial charge in [-0.1, -0.05) is 117 Å². The second-order valence-corrected chi connectivity index (χ2v) is 11.8. The van der Waals surface area contributed by atoms with Gasteiger partial charge in [0.15, 0.2) is 0 Å². The number of rotatable bonds is 23. The first-order valence-corrected chi connectivity index (χ1v) is 16.8. The summed E-state index contributed by atoms with van der Waals surface area (Å²) in [6.07, 6.45) is 19.3. The lowest BCUT2D eigenvalue weighted by atomic mass is 9.94. The van der Waals surface area contributed by atoms with E-state index in [4.69, 9.17) is 0 Å². The highest BCUT2D eigenvalue weighted by atomic mass is 15.1. The summed E-state index contributed by atoms with van der Waals surface area (Å²) >= 11 is 0. The third-order valence-electron chi connectivity index (χ3n) is 8.38. The summed E-state index contributed by atoms with van der Waals surface area (Å²) in [4.78, 5) is 5.43. The monoisotopic (exact) mass is 534 g/mol. The average molecular weight is 535 g/mol. The second kappa shape index (κ2) is 20.1. The molecule has 0 amide bonds. The molecule has 0 fully saturated rings. The first kappa shape index (κ1) is 33.4. The van der Waals surface area contributed by atoms with Crippen molar-refractivity contribution in [3.05, 3.63) is 48.5 Å². The predicted octanol–water partition coefficient (Wildman–Crippen LogP) is 11.3. The molecule has 0 saturated heterocycles. The van der Waals surface area contributed by atoms with Crippen LogP contribution in [-0.4, -0.2) is 37.1 Å². The van der Waals surface area contributed by atoms with E-state index in [2.05, 4.69) is 87.4 Å². The highest BCUT2D eigenvalue weighted by Crippen LogP contribution is 2.29. The lowest BCUT2D eigenvalue weighted by molar-refractivity contribution is 0.180. The summed E-state index contributed by atoms with van der Waals surface area (Å²) in [5.41, 5.74) is 4.01. The van der Waals surface area contributed by atoms with Crippen LogP contribution in [0.2, 0.25) is 0 Å². The minimum atomic E-state index is 0.606. The van der Waals surface area contributed by atoms with Crippen molar-refractivity contribution in [2.24, 2.45) is 0 Å². The van der Waals surface area contributed by atoms with Crippen molar-refractivity contribution in [2.75, 3.05) is 31.1 Å². The Hall–Kier alpha value is -1.80. The first-order chi connectivity index (χ1) is 19.1. The van der Waals surface area contributed by atoms with Crippen LogP contribution >= 0.6 is 0 Å². The number of fused-ring (bicyclic) bond motifs is 1. The van der Waals surface area contributed by atoms with Crippen molar-refractivity contribution in [2.45, 2.75) is 137 Å². The van der Waals surface area contributed by atoms with Crippen molar-refractivity contribution >= 4 is 22.0 Å². The molecule has 220 valence electrons. The molecule has 0 spiro atoms. The molecule has 2 heteroatoms. The Morgan fingerprint density at radius 2 is 1.13 bits per heavy atom. The Balaban J connectivity index is 2.17. The third kappa shape index (κ3) is 12.1. The van der Waals surface area contributed by atoms with Gasteiger partial charge in [-0.05, 0) is 91.7 Å². The Labute approximate surface area is 243 Å². The fraction of sp³-hybridized carbons (Fsp3) is 0.676. The van der Waals surface area contributed by atoms with Gasteiger partial charge in [-0.15, -0.1) is 0 Å². The van der Waals surface area contributed by atoms with Crippen LogP contribution in [0.1, 0.15) is 136 Å². The number of hydrogen-bond donors (Lipinski definition) is 0. The maximum Gasteiger partial charge on any atom is 0.0372 e. The number of unbranched alkanes of at least 4 members (excludes halogenated alkanes) is 8. The summed E-state index contributed by atoms with van der Waals surface area (Å²) in [7, 11) is 0. The van der Waals surface area contributed by atoms with Crippen LogP contribution in [0.4, 0.5) is 5.69 Å². The number of anilines is 1. The molecule has 0 radical (unpaired) electrons. The quantitative estimate of drug-likeness (QED) is 0.131. The van der Waals surface area contributed by atoms with Crippen molar-refractivity contribution in [1.82, 2.24) is 4.90 Å². The van der Waals surface area contributed by atoms with Crippen molar-refractivity contribution in [1.29, 1.82) is 0 Å². The van der Waals surface area contributed by atoms with Crippen molar-refractivity contribution in [3.8, 4) is 0 Å². The lowest BCUT2D eigenvalue weighted by Crippen LogP contribution is -2.37. The predicted molar refractivity (Wildman–Crippen MR) is 178 cm³/mol. The molecule has 39 heavy (non-hydrogen) atoms. The van der Waals surface area contributed by atoms with Crippen LogP contribution < -0.4 is 4.90 Å². The Morgan fingerprint density at radius 3 is 1.67 bits per heavy atom. The molecule has 1 atom stereocenters. The van der Waals surface area contributed by atoms with Gasteiger partial charge in [0, 0.05) is 24.8 Å². The van der Waals surface area contributed by atoms with E-state index in [1.54, 1.807) is 0 Å². The molecule has 0 aliphatic rings. The highest BCUT2D eigenvalue weighted by Gasteiger charge is 2.19. The van der Waals surface area contributed by atoms with Gasteiger partial charge in [-0.25, -0.2) is 0 Å². The molecule has 0 aromatic heterocycles. The Bertz CT molecular complexity index is 897. The van der Waals surface area contributed by atoms with E-state index in [1.807, 2.05) is 0 Å². The van der Waals surface area contributed by atoms with Crippen LogP contribution in [0.15, 0.2) is 43.0 Å². The van der Waals surface area contributed by atoms with Crippen LogP contribution in [0.3, 0.4) is 0 Å². The van der Waals surface area contributed by atoms with Crippen LogP contribution in [0.25, 0.3) is 16.3 Å². The van der Waals surface area contributed by atoms with E-state index in [1.165, 1.54) is 144 Å². The molecule has 0 N–H and O–H groups in total. The van der Waals surface area contributed by atoms with Crippen LogP contribution in [0.5, 0.6) is 0 Å². The highest BCUT2D eigenvalue weighted by molar-refractivity contribution is 5.88. The average Bonchev–Trinajstić information content (AvgIpc) is 2.95. The fourth-order valence-electron chi connectivity index (χ4n) is 5.88. The van der Waals surface area contributed by atoms with Gasteiger partial charge in [0.2, 0.25) is 0 Å². The number of hydrogen-bond acceptors (Lipinski definition) is 2. The van der Waals surface area contributed by atoms with Gasteiger partial charge in [-0.3, -0.25) is 0 Å². The third-order valence-corrected chi connectivity index (χ3v) is 8.38. The zero-order valence-corrected chi connectivity index (χ0v) is 26.6. The molecule has 0 aliphatic carbocycles. The zero-order valence-electron chi connectivity index (χ0n) is 26.6. The van der Waals surface area contributed by atoms with Gasteiger partial charge in [0.05, 0.1) is 0 Å². The summed E-state index contributed by atoms with van der Waals surface area (Å²) in [6, 6.07) is 14.8. The Kier molecular flexibility index (Phi) is 17.2. The maximum atomic E-state index is 4.62. The topological polar surface area (TPSA) is 6.48 Å². The molecule has 2 aromatic carbocycles. The summed E-state index contributed by atoms with van der Waals surface area (Å²) in [5.74, 6) is 0. The standard InChI is InChI=1S/C37H62N2/c1-7-12-16-25-38(26-17-13-8-2)36(20-11-5)29-32(6)33-21-22-35-31-37(24-23-34(35)30-33)39(27-18-14-9-3)28-19-15-10-4/h21-24,30-31,36H,6-20,25-29H2,1-5H3. The molecule has 1 unspecified atom stereocenters. The molecule has 0 saturated carbocycles. The molecule has 2 rings (SSSR count). The van der Waals surface area contributed by atoms with Gasteiger partial charge in [-0.2, -0.15) is 0 Å². The van der Waals surface area contributed by atoms with Gasteiger partial charge in [0.1, 0.15) is 0 Å². The fourth-order valence-corrected chi connectivity index (χ4v) is 5.88. The SMILES string of the molecule is C=C(CC(CCC)N(CCCCC)CCCCC)c1ccc2cc(N(CCCCC)CCCCC)ccc2c1. The van der Waals surface area contributed by atoms with E-state index in [0.717, 1.165) is 6.42 Å². The lowest BCUT2D eigenvalue weighted by Gasteiger charge is -2.32. The molecule has 0 bridgehead atoms. The maximum absolute atomic E-state index is 4.62. The van der Waals surface area contributed by atoms with Crippen molar-refractivity contribution < 1.29 is 0 Å². The number of benzene rings is 2. The van der Waals surface area contributed by atoms with E-state index >= 15 is 0 Å². The molecule has 0 heterocycles. The Morgan fingerprint density at radius 1 is 0.615 bits per heavy atom. The largest absolute Gasteiger partial charge is 0.372 e. The second-order valence-electron chi connectivity index (χ2n) is 11.8. The minimum absolute atomic E-state index is 0.606. The normalized spacial score (nSPS) is 12.4. The smallest absolute Gasteiger partial charge is 0.0372 e. The van der Waals surface area contributed by atoms with Gasteiger partial charge >= 0.3 is 0 Å². The van der Waals surface area contributed by atoms with E-state index in [-0.39, 0.29) is 0 Å². The first-order valence-electron chi connectivity index (χ1n) is 16.8. The van der Waals surface area contributed by atoms with E-state index in [0.29, 0.717) is 6.04 Å². The van der Waals surface area contributed by atoms with E-state index < -0.39 is 0 Å². The van der Waals surface area contributed by atoms with Crippen molar-refractivity contribution in [3.63, 3.8) is 0 Å². The zero-order chi connectivity index (χ0) is 28.3. The molecular formula is C37H62N2. The van der Waals surface area contributed by atoms with Crippen LogP contribution in [-0.2, 0) is 0 Å².